The smallest absolute Gasteiger partial charge is 0.311 e. The molecule has 0 fully saturated rings. The van der Waals surface area contributed by atoms with Gasteiger partial charge in [0, 0.05) is 0 Å². The fraction of sp³-hybridized carbons (Fsp3) is 0.588. The van der Waals surface area contributed by atoms with Crippen molar-refractivity contribution in [2.45, 2.75) is 46.6 Å². The highest BCUT2D eigenvalue weighted by Gasteiger charge is 2.36. The van der Waals surface area contributed by atoms with Gasteiger partial charge in [-0.15, -0.1) is 0 Å². The Hall–Kier alpha value is -1.35. The molecule has 112 valence electrons. The number of carbonyl (C=O) groups is 1. The Kier molecular flexibility index (Phi) is 5.75. The van der Waals surface area contributed by atoms with Crippen LogP contribution in [0.3, 0.4) is 0 Å². The van der Waals surface area contributed by atoms with Crippen LogP contribution in [0.4, 0.5) is 0 Å². The third-order valence-corrected chi connectivity index (χ3v) is 3.67. The highest BCUT2D eigenvalue weighted by Crippen LogP contribution is 2.30. The first-order valence-electron chi connectivity index (χ1n) is 7.27. The van der Waals surface area contributed by atoms with E-state index in [1.807, 2.05) is 24.3 Å². The maximum atomic E-state index is 11.8. The minimum absolute atomic E-state index is 0.326. The molecule has 1 rings (SSSR count). The molecule has 2 unspecified atom stereocenters. The number of carbonyl (C=O) groups excluding carboxylic acids is 1. The van der Waals surface area contributed by atoms with E-state index < -0.39 is 11.5 Å². The van der Waals surface area contributed by atoms with Gasteiger partial charge in [-0.1, -0.05) is 38.1 Å². The van der Waals surface area contributed by atoms with Crippen molar-refractivity contribution in [3.63, 3.8) is 0 Å². The van der Waals surface area contributed by atoms with E-state index in [0.717, 1.165) is 12.0 Å². The molecule has 1 aromatic rings. The second kappa shape index (κ2) is 6.89. The van der Waals surface area contributed by atoms with Gasteiger partial charge in [-0.05, 0) is 44.2 Å². The van der Waals surface area contributed by atoms with Crippen LogP contribution in [0.1, 0.15) is 45.7 Å². The first-order valence-corrected chi connectivity index (χ1v) is 7.27. The Labute approximate surface area is 122 Å². The van der Waals surface area contributed by atoms with Gasteiger partial charge in [0.2, 0.25) is 0 Å². The third kappa shape index (κ3) is 4.07. The SMILES string of the molecule is CCOC(=O)C(C)C(C)(O)c1ccc(CC(C)C)cc1. The van der Waals surface area contributed by atoms with Gasteiger partial charge < -0.3 is 9.84 Å². The molecule has 0 radical (unpaired) electrons. The molecule has 2 atom stereocenters. The molecule has 3 heteroatoms. The van der Waals surface area contributed by atoms with Crippen LogP contribution in [0.15, 0.2) is 24.3 Å². The molecule has 0 aliphatic heterocycles. The summed E-state index contributed by atoms with van der Waals surface area (Å²) in [5, 5.41) is 10.6. The summed E-state index contributed by atoms with van der Waals surface area (Å²) in [6.07, 6.45) is 1.01. The Morgan fingerprint density at radius 3 is 2.25 bits per heavy atom. The minimum atomic E-state index is -1.22. The summed E-state index contributed by atoms with van der Waals surface area (Å²) in [4.78, 5) is 11.8. The van der Waals surface area contributed by atoms with E-state index in [-0.39, 0.29) is 5.97 Å². The molecule has 0 heterocycles. The number of aliphatic hydroxyl groups is 1. The van der Waals surface area contributed by atoms with E-state index in [1.165, 1.54) is 5.56 Å². The van der Waals surface area contributed by atoms with Gasteiger partial charge in [-0.2, -0.15) is 0 Å². The standard InChI is InChI=1S/C17H26O3/c1-6-20-16(18)13(4)17(5,19)15-9-7-14(8-10-15)11-12(2)3/h7-10,12-13,19H,6,11H2,1-5H3. The topological polar surface area (TPSA) is 46.5 Å². The molecule has 3 nitrogen and oxygen atoms in total. The normalized spacial score (nSPS) is 15.8. The van der Waals surface area contributed by atoms with Crippen molar-refractivity contribution in [1.82, 2.24) is 0 Å². The number of esters is 1. The maximum Gasteiger partial charge on any atom is 0.311 e. The predicted octanol–water partition coefficient (Wildman–Crippen LogP) is 3.29. The summed E-state index contributed by atoms with van der Waals surface area (Å²) < 4.78 is 4.99. The van der Waals surface area contributed by atoms with Gasteiger partial charge in [-0.3, -0.25) is 4.79 Å². The average molecular weight is 278 g/mol. The lowest BCUT2D eigenvalue weighted by Crippen LogP contribution is -2.36. The van der Waals surface area contributed by atoms with Crippen molar-refractivity contribution in [2.75, 3.05) is 6.61 Å². The van der Waals surface area contributed by atoms with Crippen LogP contribution in [0.2, 0.25) is 0 Å². The van der Waals surface area contributed by atoms with Crippen LogP contribution in [0.25, 0.3) is 0 Å². The number of hydrogen-bond donors (Lipinski definition) is 1. The van der Waals surface area contributed by atoms with E-state index in [4.69, 9.17) is 4.74 Å². The molecule has 20 heavy (non-hydrogen) atoms. The molecule has 0 spiro atoms. The molecule has 0 saturated heterocycles. The number of benzene rings is 1. The zero-order valence-electron chi connectivity index (χ0n) is 13.1. The van der Waals surface area contributed by atoms with Crippen LogP contribution < -0.4 is 0 Å². The highest BCUT2D eigenvalue weighted by molar-refractivity contribution is 5.73. The van der Waals surface area contributed by atoms with Crippen LogP contribution in [0.5, 0.6) is 0 Å². The van der Waals surface area contributed by atoms with Gasteiger partial charge in [0.1, 0.15) is 0 Å². The molecular formula is C17H26O3. The van der Waals surface area contributed by atoms with Crippen LogP contribution in [-0.4, -0.2) is 17.7 Å². The fourth-order valence-corrected chi connectivity index (χ4v) is 2.20. The van der Waals surface area contributed by atoms with E-state index in [0.29, 0.717) is 12.5 Å². The van der Waals surface area contributed by atoms with Gasteiger partial charge in [0.05, 0.1) is 18.1 Å². The lowest BCUT2D eigenvalue weighted by Gasteiger charge is -2.29. The largest absolute Gasteiger partial charge is 0.466 e. The molecule has 1 aromatic carbocycles. The van der Waals surface area contributed by atoms with Gasteiger partial charge >= 0.3 is 5.97 Å². The van der Waals surface area contributed by atoms with Crippen LogP contribution >= 0.6 is 0 Å². The highest BCUT2D eigenvalue weighted by atomic mass is 16.5. The molecule has 0 bridgehead atoms. The number of rotatable bonds is 6. The van der Waals surface area contributed by atoms with Crippen molar-refractivity contribution < 1.29 is 14.6 Å². The van der Waals surface area contributed by atoms with E-state index in [2.05, 4.69) is 13.8 Å². The van der Waals surface area contributed by atoms with Crippen molar-refractivity contribution in [3.05, 3.63) is 35.4 Å². The molecular weight excluding hydrogens is 252 g/mol. The molecule has 0 aliphatic rings. The Morgan fingerprint density at radius 1 is 1.25 bits per heavy atom. The Balaban J connectivity index is 2.89. The van der Waals surface area contributed by atoms with E-state index in [1.54, 1.807) is 20.8 Å². The quantitative estimate of drug-likeness (QED) is 0.812. The Morgan fingerprint density at radius 2 is 1.80 bits per heavy atom. The van der Waals surface area contributed by atoms with Crippen molar-refractivity contribution in [2.24, 2.45) is 11.8 Å². The summed E-state index contributed by atoms with van der Waals surface area (Å²) in [5.41, 5.74) is 0.761. The lowest BCUT2D eigenvalue weighted by atomic mass is 9.83. The number of ether oxygens (including phenoxy) is 1. The molecule has 0 aromatic heterocycles. The summed E-state index contributed by atoms with van der Waals surface area (Å²) in [5.74, 6) is -0.373. The van der Waals surface area contributed by atoms with Crippen LogP contribution in [-0.2, 0) is 21.6 Å². The second-order valence-corrected chi connectivity index (χ2v) is 5.92. The molecule has 1 N–H and O–H groups in total. The summed E-state index contributed by atoms with van der Waals surface area (Å²) in [6, 6.07) is 7.82. The first-order chi connectivity index (χ1) is 9.28. The summed E-state index contributed by atoms with van der Waals surface area (Å²) >= 11 is 0. The average Bonchev–Trinajstić information content (AvgIpc) is 2.38. The van der Waals surface area contributed by atoms with Gasteiger partial charge in [-0.25, -0.2) is 0 Å². The van der Waals surface area contributed by atoms with Gasteiger partial charge in [0.15, 0.2) is 0 Å². The maximum absolute atomic E-state index is 11.8. The van der Waals surface area contributed by atoms with E-state index in [9.17, 15) is 9.90 Å². The van der Waals surface area contributed by atoms with Crippen LogP contribution in [0, 0.1) is 11.8 Å². The zero-order chi connectivity index (χ0) is 15.3. The third-order valence-electron chi connectivity index (χ3n) is 3.67. The van der Waals surface area contributed by atoms with Gasteiger partial charge in [0.25, 0.3) is 0 Å². The lowest BCUT2D eigenvalue weighted by molar-refractivity contribution is -0.156. The fourth-order valence-electron chi connectivity index (χ4n) is 2.20. The summed E-state index contributed by atoms with van der Waals surface area (Å²) in [6.45, 7) is 9.79. The minimum Gasteiger partial charge on any atom is -0.466 e. The Bertz CT molecular complexity index is 432. The van der Waals surface area contributed by atoms with Crippen molar-refractivity contribution >= 4 is 5.97 Å². The van der Waals surface area contributed by atoms with Crippen molar-refractivity contribution in [3.8, 4) is 0 Å². The number of hydrogen-bond acceptors (Lipinski definition) is 3. The first kappa shape index (κ1) is 16.7. The molecule has 0 amide bonds. The molecule has 0 saturated carbocycles. The summed E-state index contributed by atoms with van der Waals surface area (Å²) in [7, 11) is 0. The monoisotopic (exact) mass is 278 g/mol. The molecule has 0 aliphatic carbocycles. The predicted molar refractivity (Wildman–Crippen MR) is 80.4 cm³/mol. The van der Waals surface area contributed by atoms with Crippen molar-refractivity contribution in [1.29, 1.82) is 0 Å². The van der Waals surface area contributed by atoms with E-state index >= 15 is 0 Å². The zero-order valence-corrected chi connectivity index (χ0v) is 13.1. The second-order valence-electron chi connectivity index (χ2n) is 5.92.